The number of carbonyl (C=O) groups excluding carboxylic acids is 2. The first-order chi connectivity index (χ1) is 8.63. The second-order valence-corrected chi connectivity index (χ2v) is 7.08. The van der Waals surface area contributed by atoms with Gasteiger partial charge in [-0.3, -0.25) is 14.5 Å². The molecule has 6 heteroatoms. The van der Waals surface area contributed by atoms with Crippen LogP contribution in [0.4, 0.5) is 5.13 Å². The molecule has 1 aromatic rings. The van der Waals surface area contributed by atoms with Crippen molar-refractivity contribution in [1.82, 2.24) is 4.98 Å². The SMILES string of the molecule is CC(=O)SC1CC(=O)N(c2nc(C3CC3)cs2)C1. The van der Waals surface area contributed by atoms with E-state index < -0.39 is 0 Å². The second kappa shape index (κ2) is 4.66. The number of carbonyl (C=O) groups is 2. The zero-order chi connectivity index (χ0) is 12.7. The van der Waals surface area contributed by atoms with E-state index in [1.54, 1.807) is 11.8 Å². The molecule has 1 saturated heterocycles. The molecule has 1 unspecified atom stereocenters. The van der Waals surface area contributed by atoms with E-state index in [0.717, 1.165) is 10.8 Å². The lowest BCUT2D eigenvalue weighted by Gasteiger charge is -2.11. The van der Waals surface area contributed by atoms with E-state index in [1.165, 1.54) is 35.9 Å². The molecule has 1 aliphatic carbocycles. The Morgan fingerprint density at radius 1 is 1.56 bits per heavy atom. The molecule has 0 radical (unpaired) electrons. The Labute approximate surface area is 114 Å². The number of rotatable bonds is 3. The summed E-state index contributed by atoms with van der Waals surface area (Å²) in [6.07, 6.45) is 2.89. The standard InChI is InChI=1S/C12H14N2O2S2/c1-7(15)18-9-4-11(16)14(5-9)12-13-10(6-17-12)8-2-3-8/h6,8-9H,2-5H2,1H3. The molecule has 0 aromatic carbocycles. The summed E-state index contributed by atoms with van der Waals surface area (Å²) in [5.41, 5.74) is 1.13. The third-order valence-corrected chi connectivity index (χ3v) is 5.02. The molecule has 1 amide bonds. The minimum atomic E-state index is 0.0764. The number of thiazole rings is 1. The van der Waals surface area contributed by atoms with Gasteiger partial charge < -0.3 is 0 Å². The number of nitrogens with zero attached hydrogens (tertiary/aromatic N) is 2. The van der Waals surface area contributed by atoms with Crippen molar-refractivity contribution < 1.29 is 9.59 Å². The Morgan fingerprint density at radius 2 is 2.33 bits per heavy atom. The maximum absolute atomic E-state index is 11.9. The number of aromatic nitrogens is 1. The fraction of sp³-hybridized carbons (Fsp3) is 0.583. The Morgan fingerprint density at radius 3 is 3.00 bits per heavy atom. The summed E-state index contributed by atoms with van der Waals surface area (Å²) in [4.78, 5) is 29.3. The number of hydrogen-bond acceptors (Lipinski definition) is 5. The summed E-state index contributed by atoms with van der Waals surface area (Å²) in [5.74, 6) is 0.709. The molecule has 1 aliphatic heterocycles. The minimum Gasteiger partial charge on any atom is -0.288 e. The third-order valence-electron chi connectivity index (χ3n) is 3.16. The van der Waals surface area contributed by atoms with E-state index in [2.05, 4.69) is 10.4 Å². The van der Waals surface area contributed by atoms with E-state index in [9.17, 15) is 9.59 Å². The van der Waals surface area contributed by atoms with E-state index in [1.807, 2.05) is 0 Å². The predicted octanol–water partition coefficient (Wildman–Crippen LogP) is 2.41. The van der Waals surface area contributed by atoms with Crippen molar-refractivity contribution in [2.45, 2.75) is 37.4 Å². The Balaban J connectivity index is 1.71. The molecule has 3 rings (SSSR count). The van der Waals surface area contributed by atoms with Crippen molar-refractivity contribution >= 4 is 39.3 Å². The molecule has 18 heavy (non-hydrogen) atoms. The second-order valence-electron chi connectivity index (χ2n) is 4.77. The summed E-state index contributed by atoms with van der Waals surface area (Å²) >= 11 is 2.80. The highest BCUT2D eigenvalue weighted by molar-refractivity contribution is 8.14. The molecule has 0 bridgehead atoms. The van der Waals surface area contributed by atoms with Crippen LogP contribution < -0.4 is 4.90 Å². The molecule has 4 nitrogen and oxygen atoms in total. The van der Waals surface area contributed by atoms with E-state index >= 15 is 0 Å². The quantitative estimate of drug-likeness (QED) is 0.854. The van der Waals surface area contributed by atoms with E-state index in [-0.39, 0.29) is 16.3 Å². The first-order valence-electron chi connectivity index (χ1n) is 6.06. The Hall–Kier alpha value is -0.880. The van der Waals surface area contributed by atoms with Gasteiger partial charge in [-0.05, 0) is 12.8 Å². The van der Waals surface area contributed by atoms with Crippen molar-refractivity contribution in [2.24, 2.45) is 0 Å². The monoisotopic (exact) mass is 282 g/mol. The Kier molecular flexibility index (Phi) is 3.15. The van der Waals surface area contributed by atoms with Gasteiger partial charge in [0.1, 0.15) is 0 Å². The lowest BCUT2D eigenvalue weighted by molar-refractivity contribution is -0.117. The topological polar surface area (TPSA) is 50.3 Å². The zero-order valence-electron chi connectivity index (χ0n) is 10.1. The zero-order valence-corrected chi connectivity index (χ0v) is 11.7. The highest BCUT2D eigenvalue weighted by Gasteiger charge is 2.34. The summed E-state index contributed by atoms with van der Waals surface area (Å²) in [7, 11) is 0. The van der Waals surface area contributed by atoms with E-state index in [0.29, 0.717) is 18.9 Å². The molecule has 2 fully saturated rings. The maximum atomic E-state index is 11.9. The molecule has 1 aromatic heterocycles. The van der Waals surface area contributed by atoms with Crippen LogP contribution in [0.15, 0.2) is 5.38 Å². The van der Waals surface area contributed by atoms with Crippen LogP contribution in [0.5, 0.6) is 0 Å². The molecular weight excluding hydrogens is 268 g/mol. The molecule has 1 saturated carbocycles. The molecule has 1 atom stereocenters. The minimum absolute atomic E-state index is 0.0764. The van der Waals surface area contributed by atoms with Crippen LogP contribution in [0.1, 0.15) is 37.8 Å². The van der Waals surface area contributed by atoms with Crippen LogP contribution in [0, 0.1) is 0 Å². The van der Waals surface area contributed by atoms with Gasteiger partial charge in [-0.25, -0.2) is 4.98 Å². The van der Waals surface area contributed by atoms with Gasteiger partial charge in [-0.15, -0.1) is 11.3 Å². The number of thioether (sulfide) groups is 1. The molecular formula is C12H14N2O2S2. The predicted molar refractivity (Wildman–Crippen MR) is 73.1 cm³/mol. The van der Waals surface area contributed by atoms with Crippen molar-refractivity contribution in [3.63, 3.8) is 0 Å². The normalized spacial score (nSPS) is 23.7. The van der Waals surface area contributed by atoms with Crippen LogP contribution in [0.3, 0.4) is 0 Å². The lowest BCUT2D eigenvalue weighted by Crippen LogP contribution is -2.24. The van der Waals surface area contributed by atoms with Gasteiger partial charge in [0.05, 0.1) is 5.69 Å². The van der Waals surface area contributed by atoms with Crippen LogP contribution >= 0.6 is 23.1 Å². The highest BCUT2D eigenvalue weighted by atomic mass is 32.2. The average molecular weight is 282 g/mol. The molecule has 2 aliphatic rings. The van der Waals surface area contributed by atoms with Crippen molar-refractivity contribution in [1.29, 1.82) is 0 Å². The fourth-order valence-electron chi connectivity index (χ4n) is 2.14. The largest absolute Gasteiger partial charge is 0.288 e. The smallest absolute Gasteiger partial charge is 0.230 e. The van der Waals surface area contributed by atoms with Gasteiger partial charge in [0.2, 0.25) is 5.91 Å². The van der Waals surface area contributed by atoms with Crippen molar-refractivity contribution in [3.05, 3.63) is 11.1 Å². The maximum Gasteiger partial charge on any atom is 0.230 e. The molecule has 2 heterocycles. The van der Waals surface area contributed by atoms with Gasteiger partial charge in [0.25, 0.3) is 0 Å². The highest BCUT2D eigenvalue weighted by Crippen LogP contribution is 2.42. The molecule has 0 N–H and O–H groups in total. The first kappa shape index (κ1) is 12.2. The molecule has 0 spiro atoms. The number of amides is 1. The van der Waals surface area contributed by atoms with E-state index in [4.69, 9.17) is 0 Å². The first-order valence-corrected chi connectivity index (χ1v) is 7.82. The van der Waals surface area contributed by atoms with Gasteiger partial charge in [-0.2, -0.15) is 0 Å². The summed E-state index contributed by atoms with van der Waals surface area (Å²) in [6.45, 7) is 2.16. The average Bonchev–Trinajstić information content (AvgIpc) is 2.92. The van der Waals surface area contributed by atoms with Gasteiger partial charge in [0.15, 0.2) is 10.2 Å². The third kappa shape index (κ3) is 2.44. The summed E-state index contributed by atoms with van der Waals surface area (Å²) < 4.78 is 0. The number of hydrogen-bond donors (Lipinski definition) is 0. The van der Waals surface area contributed by atoms with Crippen LogP contribution in [0.2, 0.25) is 0 Å². The number of anilines is 1. The van der Waals surface area contributed by atoms with Gasteiger partial charge >= 0.3 is 0 Å². The summed E-state index contributed by atoms with van der Waals surface area (Å²) in [5, 5.41) is 3.02. The molecule has 96 valence electrons. The van der Waals surface area contributed by atoms with Crippen LogP contribution in [0.25, 0.3) is 0 Å². The fourth-order valence-corrected chi connectivity index (χ4v) is 3.99. The van der Waals surface area contributed by atoms with Crippen LogP contribution in [-0.2, 0) is 9.59 Å². The summed E-state index contributed by atoms with van der Waals surface area (Å²) in [6, 6.07) is 0. The van der Waals surface area contributed by atoms with Gasteiger partial charge in [0, 0.05) is 36.4 Å². The Bertz CT molecular complexity index is 496. The van der Waals surface area contributed by atoms with Gasteiger partial charge in [-0.1, -0.05) is 11.8 Å². The van der Waals surface area contributed by atoms with Crippen LogP contribution in [-0.4, -0.2) is 27.8 Å². The lowest BCUT2D eigenvalue weighted by atomic mass is 10.3. The van der Waals surface area contributed by atoms with Crippen molar-refractivity contribution in [3.8, 4) is 0 Å². The van der Waals surface area contributed by atoms with Crippen molar-refractivity contribution in [2.75, 3.05) is 11.4 Å².